The topological polar surface area (TPSA) is 42.2 Å². The van der Waals surface area contributed by atoms with Crippen LogP contribution in [-0.2, 0) is 0 Å². The van der Waals surface area contributed by atoms with Crippen LogP contribution in [0.25, 0.3) is 5.65 Å². The van der Waals surface area contributed by atoms with E-state index in [4.69, 9.17) is 43.0 Å². The summed E-state index contributed by atoms with van der Waals surface area (Å²) in [6.07, 6.45) is 4.20. The minimum absolute atomic E-state index is 0.0673. The Morgan fingerprint density at radius 3 is 2.55 bits per heavy atom. The first-order chi connectivity index (χ1) is 9.26. The first-order valence-corrected chi connectivity index (χ1v) is 6.57. The molecule has 4 nitrogen and oxygen atoms in total. The molecule has 1 N–H and O–H groups in total. The van der Waals surface area contributed by atoms with Crippen LogP contribution < -0.4 is 5.32 Å². The van der Waals surface area contributed by atoms with Crippen LogP contribution in [-0.4, -0.2) is 56.7 Å². The Kier molecular flexibility index (Phi) is 3.22. The van der Waals surface area contributed by atoms with Gasteiger partial charge in [0.25, 0.3) is 0 Å². The van der Waals surface area contributed by atoms with Crippen LogP contribution >= 0.6 is 11.6 Å². The number of aromatic nitrogens is 3. The summed E-state index contributed by atoms with van der Waals surface area (Å²) in [5, 5.41) is 5.19. The van der Waals surface area contributed by atoms with Crippen molar-refractivity contribution < 1.29 is 0 Å². The van der Waals surface area contributed by atoms with Crippen molar-refractivity contribution in [3.63, 3.8) is 0 Å². The van der Waals surface area contributed by atoms with Gasteiger partial charge in [-0.05, 0) is 24.3 Å². The zero-order valence-corrected chi connectivity index (χ0v) is 11.5. The van der Waals surface area contributed by atoms with Gasteiger partial charge in [-0.2, -0.15) is 5.10 Å². The molecule has 1 aliphatic heterocycles. The number of piperidine rings is 1. The van der Waals surface area contributed by atoms with Gasteiger partial charge in [-0.1, -0.05) is 22.3 Å². The van der Waals surface area contributed by atoms with Gasteiger partial charge in [0.1, 0.15) is 6.33 Å². The molecule has 2 aromatic heterocycles. The van der Waals surface area contributed by atoms with Gasteiger partial charge >= 0.3 is 0 Å². The van der Waals surface area contributed by atoms with E-state index in [-0.39, 0.29) is 5.92 Å². The summed E-state index contributed by atoms with van der Waals surface area (Å²) in [7, 11) is 23.8. The van der Waals surface area contributed by atoms with Crippen LogP contribution in [0.5, 0.6) is 0 Å². The normalized spacial score (nSPS) is 22.1. The van der Waals surface area contributed by atoms with E-state index in [2.05, 4.69) is 15.4 Å². The van der Waals surface area contributed by atoms with Gasteiger partial charge in [0, 0.05) is 17.3 Å². The molecule has 9 heteroatoms. The number of fused-ring (bicyclic) bond motifs is 1. The van der Waals surface area contributed by atoms with Gasteiger partial charge in [0.2, 0.25) is 0 Å². The molecule has 3 heterocycles. The summed E-state index contributed by atoms with van der Waals surface area (Å²) in [4.78, 5) is 4.08. The fourth-order valence-electron chi connectivity index (χ4n) is 2.80. The second-order valence-electron chi connectivity index (χ2n) is 5.45. The van der Waals surface area contributed by atoms with Crippen molar-refractivity contribution in [2.24, 2.45) is 0 Å². The molecule has 20 heavy (non-hydrogen) atoms. The molecule has 0 aliphatic carbocycles. The van der Waals surface area contributed by atoms with E-state index in [0.29, 0.717) is 23.5 Å². The minimum Gasteiger partial charge on any atom is -0.339 e. The summed E-state index contributed by atoms with van der Waals surface area (Å²) in [5.41, 5.74) is 1.53. The fraction of sp³-hybridized carbons (Fsp3) is 0.455. The smallest absolute Gasteiger partial charge is 0.156 e. The second-order valence-corrected chi connectivity index (χ2v) is 5.86. The van der Waals surface area contributed by atoms with Gasteiger partial charge in [-0.15, -0.1) is 0 Å². The van der Waals surface area contributed by atoms with Crippen molar-refractivity contribution in [3.05, 3.63) is 29.2 Å². The third-order valence-corrected chi connectivity index (χ3v) is 3.79. The number of hydrogen-bond donors (Lipinski definition) is 1. The monoisotopic (exact) mass is 276 g/mol. The number of rotatable bonds is 1. The summed E-state index contributed by atoms with van der Waals surface area (Å²) in [5.74, 6) is -0.0673. The molecule has 0 bridgehead atoms. The van der Waals surface area contributed by atoms with E-state index < -0.39 is 10.7 Å². The fourth-order valence-corrected chi connectivity index (χ4v) is 3.10. The first kappa shape index (κ1) is 14.1. The zero-order chi connectivity index (χ0) is 14.5. The predicted molar refractivity (Wildman–Crippen MR) is 81.6 cm³/mol. The Bertz CT molecular complexity index is 641. The predicted octanol–water partition coefficient (Wildman–Crippen LogP) is -0.169. The van der Waals surface area contributed by atoms with Crippen molar-refractivity contribution in [1.82, 2.24) is 19.9 Å². The van der Waals surface area contributed by atoms with Crippen LogP contribution in [0.1, 0.15) is 24.3 Å². The lowest BCUT2D eigenvalue weighted by molar-refractivity contribution is 0.346. The van der Waals surface area contributed by atoms with Gasteiger partial charge in [-0.25, -0.2) is 9.50 Å². The van der Waals surface area contributed by atoms with E-state index in [1.807, 2.05) is 6.20 Å². The van der Waals surface area contributed by atoms with Gasteiger partial charge in [0.15, 0.2) is 5.65 Å². The molecular weight excluding hydrogens is 267 g/mol. The van der Waals surface area contributed by atoms with E-state index in [0.717, 1.165) is 5.56 Å². The molecule has 1 saturated heterocycles. The Labute approximate surface area is 127 Å². The molecule has 1 aliphatic rings. The molecule has 0 spiro atoms. The average Bonchev–Trinajstić information content (AvgIpc) is 2.70. The Balaban J connectivity index is 2.03. The van der Waals surface area contributed by atoms with Crippen molar-refractivity contribution in [2.45, 2.75) is 29.4 Å². The molecule has 0 amide bonds. The highest BCUT2D eigenvalue weighted by Gasteiger charge is 2.37. The lowest BCUT2D eigenvalue weighted by atomic mass is 9.46. The Morgan fingerprint density at radius 2 is 1.90 bits per heavy atom. The second kappa shape index (κ2) is 4.57. The summed E-state index contributed by atoms with van der Waals surface area (Å²) < 4.78 is 1.65. The molecular formula is C11H9B4ClN4. The third-order valence-electron chi connectivity index (χ3n) is 3.47. The van der Waals surface area contributed by atoms with E-state index in [9.17, 15) is 0 Å². The van der Waals surface area contributed by atoms with Crippen molar-refractivity contribution >= 4 is 48.6 Å². The van der Waals surface area contributed by atoms with E-state index >= 15 is 0 Å². The summed E-state index contributed by atoms with van der Waals surface area (Å²) in [6, 6.07) is 1.75. The highest BCUT2D eigenvalue weighted by atomic mass is 35.5. The number of pyridine rings is 1. The summed E-state index contributed by atoms with van der Waals surface area (Å²) >= 11 is 6.31. The van der Waals surface area contributed by atoms with Gasteiger partial charge < -0.3 is 5.32 Å². The number of halogens is 1. The maximum Gasteiger partial charge on any atom is 0.156 e. The molecule has 0 unspecified atom stereocenters. The maximum absolute atomic E-state index is 6.31. The van der Waals surface area contributed by atoms with E-state index in [1.165, 1.54) is 6.33 Å². The van der Waals surface area contributed by atoms with Crippen LogP contribution in [0.3, 0.4) is 0 Å². The zero-order valence-electron chi connectivity index (χ0n) is 10.8. The lowest BCUT2D eigenvalue weighted by Gasteiger charge is -2.48. The summed E-state index contributed by atoms with van der Waals surface area (Å²) in [6.45, 7) is 0. The number of nitrogens with zero attached hydrogens (tertiary/aromatic N) is 3. The Hall–Kier alpha value is -0.870. The van der Waals surface area contributed by atoms with Crippen molar-refractivity contribution in [2.75, 3.05) is 0 Å². The van der Waals surface area contributed by atoms with Gasteiger partial charge in [0.05, 0.1) is 31.4 Å². The third kappa shape index (κ3) is 2.63. The molecule has 8 radical (unpaired) electrons. The maximum atomic E-state index is 6.31. The highest BCUT2D eigenvalue weighted by Crippen LogP contribution is 2.38. The van der Waals surface area contributed by atoms with Crippen LogP contribution in [0, 0.1) is 0 Å². The molecule has 2 aromatic rings. The number of hydrogen-bond acceptors (Lipinski definition) is 3. The van der Waals surface area contributed by atoms with E-state index in [1.54, 1.807) is 10.6 Å². The molecule has 0 atom stereocenters. The Morgan fingerprint density at radius 1 is 1.25 bits per heavy atom. The molecule has 92 valence electrons. The largest absolute Gasteiger partial charge is 0.339 e. The molecule has 0 aromatic carbocycles. The first-order valence-electron chi connectivity index (χ1n) is 6.19. The SMILES string of the molecule is [B]C1([B])CC(c2cn3ncnc3cc2Cl)CC([B])([B])N1. The standard InChI is InChI=1S/C11H9B4ClN4/c12-10(13)2-6(3-11(14,15)19-10)7-4-20-9(1-8(7)16)17-5-18-20/h1,4-6,19H,2-3H2. The van der Waals surface area contributed by atoms with Crippen LogP contribution in [0.4, 0.5) is 0 Å². The van der Waals surface area contributed by atoms with Crippen LogP contribution in [0.2, 0.25) is 5.02 Å². The van der Waals surface area contributed by atoms with Crippen molar-refractivity contribution in [1.29, 1.82) is 0 Å². The molecule has 0 saturated carbocycles. The van der Waals surface area contributed by atoms with Crippen molar-refractivity contribution in [3.8, 4) is 0 Å². The van der Waals surface area contributed by atoms with Crippen LogP contribution in [0.15, 0.2) is 18.6 Å². The minimum atomic E-state index is -1.15. The average molecular weight is 276 g/mol. The quantitative estimate of drug-likeness (QED) is 0.735. The number of nitrogens with one attached hydrogen (secondary N) is 1. The lowest BCUT2D eigenvalue weighted by Crippen LogP contribution is -2.64. The molecule has 1 fully saturated rings. The van der Waals surface area contributed by atoms with Gasteiger partial charge in [-0.3, -0.25) is 0 Å². The highest BCUT2D eigenvalue weighted by molar-refractivity contribution is 6.44. The molecule has 3 rings (SSSR count).